The standard InChI is InChI=1S/C16H12BrCl2NO4/c1-23-16(22)11-7-10(3-4-13(11)19)20-15(21)8-24-14-5-2-9(18)6-12(14)17/h2-7H,8H2,1H3,(H,20,21). The fraction of sp³-hybridized carbons (Fsp3) is 0.125. The van der Waals surface area contributed by atoms with E-state index in [2.05, 4.69) is 26.0 Å². The minimum Gasteiger partial charge on any atom is -0.483 e. The van der Waals surface area contributed by atoms with Gasteiger partial charge in [0.1, 0.15) is 5.75 Å². The zero-order valence-corrected chi connectivity index (χ0v) is 15.5. The SMILES string of the molecule is COC(=O)c1cc(NC(=O)COc2ccc(Cl)cc2Br)ccc1Cl. The highest BCUT2D eigenvalue weighted by Gasteiger charge is 2.13. The van der Waals surface area contributed by atoms with Gasteiger partial charge in [-0.15, -0.1) is 0 Å². The van der Waals surface area contributed by atoms with Gasteiger partial charge in [-0.3, -0.25) is 4.79 Å². The van der Waals surface area contributed by atoms with E-state index >= 15 is 0 Å². The predicted molar refractivity (Wildman–Crippen MR) is 96.1 cm³/mol. The third kappa shape index (κ3) is 4.87. The van der Waals surface area contributed by atoms with Crippen LogP contribution in [0.2, 0.25) is 10.0 Å². The van der Waals surface area contributed by atoms with E-state index < -0.39 is 11.9 Å². The molecule has 5 nitrogen and oxygen atoms in total. The molecule has 8 heteroatoms. The van der Waals surface area contributed by atoms with Gasteiger partial charge in [-0.1, -0.05) is 23.2 Å². The zero-order chi connectivity index (χ0) is 17.7. The van der Waals surface area contributed by atoms with Crippen LogP contribution in [0.25, 0.3) is 0 Å². The molecule has 0 bridgehead atoms. The van der Waals surface area contributed by atoms with Gasteiger partial charge in [-0.2, -0.15) is 0 Å². The average Bonchev–Trinajstić information content (AvgIpc) is 2.55. The number of rotatable bonds is 5. The molecule has 24 heavy (non-hydrogen) atoms. The van der Waals surface area contributed by atoms with Crippen molar-refractivity contribution in [2.45, 2.75) is 0 Å². The van der Waals surface area contributed by atoms with Gasteiger partial charge in [0.15, 0.2) is 6.61 Å². The van der Waals surface area contributed by atoms with Crippen molar-refractivity contribution in [2.24, 2.45) is 0 Å². The Bertz CT molecular complexity index is 783. The minimum absolute atomic E-state index is 0.165. The van der Waals surface area contributed by atoms with Crippen molar-refractivity contribution in [3.05, 3.63) is 56.5 Å². The molecule has 0 atom stereocenters. The first-order valence-corrected chi connectivity index (χ1v) is 8.21. The molecule has 0 saturated heterocycles. The predicted octanol–water partition coefficient (Wildman–Crippen LogP) is 4.56. The van der Waals surface area contributed by atoms with Crippen molar-refractivity contribution in [1.29, 1.82) is 0 Å². The first-order valence-electron chi connectivity index (χ1n) is 6.66. The first kappa shape index (κ1) is 18.6. The first-order chi connectivity index (χ1) is 11.4. The van der Waals surface area contributed by atoms with Crippen LogP contribution in [-0.4, -0.2) is 25.6 Å². The summed E-state index contributed by atoms with van der Waals surface area (Å²) in [4.78, 5) is 23.6. The number of hydrogen-bond donors (Lipinski definition) is 1. The number of carbonyl (C=O) groups is 2. The van der Waals surface area contributed by atoms with Crippen molar-refractivity contribution in [1.82, 2.24) is 0 Å². The maximum absolute atomic E-state index is 12.0. The van der Waals surface area contributed by atoms with Crippen LogP contribution in [0.1, 0.15) is 10.4 Å². The molecule has 0 aliphatic rings. The summed E-state index contributed by atoms with van der Waals surface area (Å²) in [5.74, 6) is -0.492. The topological polar surface area (TPSA) is 64.6 Å². The molecule has 126 valence electrons. The van der Waals surface area contributed by atoms with E-state index in [4.69, 9.17) is 27.9 Å². The van der Waals surface area contributed by atoms with Crippen LogP contribution in [0.4, 0.5) is 5.69 Å². The average molecular weight is 433 g/mol. The van der Waals surface area contributed by atoms with E-state index in [9.17, 15) is 9.59 Å². The number of methoxy groups -OCH3 is 1. The smallest absolute Gasteiger partial charge is 0.339 e. The fourth-order valence-electron chi connectivity index (χ4n) is 1.80. The molecule has 2 rings (SSSR count). The lowest BCUT2D eigenvalue weighted by Crippen LogP contribution is -2.20. The Labute approximate surface area is 157 Å². The number of benzene rings is 2. The van der Waals surface area contributed by atoms with Gasteiger partial charge < -0.3 is 14.8 Å². The molecule has 2 aromatic rings. The molecule has 0 saturated carbocycles. The summed E-state index contributed by atoms with van der Waals surface area (Å²) in [5, 5.41) is 3.41. The number of esters is 1. The highest BCUT2D eigenvalue weighted by atomic mass is 79.9. The van der Waals surface area contributed by atoms with Crippen molar-refractivity contribution in [3.63, 3.8) is 0 Å². The second-order valence-corrected chi connectivity index (χ2v) is 6.30. The molecular weight excluding hydrogens is 421 g/mol. The number of carbonyl (C=O) groups excluding carboxylic acids is 2. The molecule has 0 aliphatic heterocycles. The van der Waals surface area contributed by atoms with Crippen LogP contribution >= 0.6 is 39.1 Å². The maximum Gasteiger partial charge on any atom is 0.339 e. The fourth-order valence-corrected chi connectivity index (χ4v) is 2.79. The van der Waals surface area contributed by atoms with Crippen LogP contribution < -0.4 is 10.1 Å². The van der Waals surface area contributed by atoms with Gasteiger partial charge in [0.25, 0.3) is 5.91 Å². The Morgan fingerprint density at radius 1 is 1.17 bits per heavy atom. The second kappa shape index (κ2) is 8.37. The van der Waals surface area contributed by atoms with Crippen molar-refractivity contribution in [3.8, 4) is 5.75 Å². The number of ether oxygens (including phenoxy) is 2. The van der Waals surface area contributed by atoms with Gasteiger partial charge in [-0.05, 0) is 52.3 Å². The zero-order valence-electron chi connectivity index (χ0n) is 12.4. The largest absolute Gasteiger partial charge is 0.483 e. The lowest BCUT2D eigenvalue weighted by atomic mass is 10.2. The van der Waals surface area contributed by atoms with Crippen molar-refractivity contribution < 1.29 is 19.1 Å². The highest BCUT2D eigenvalue weighted by Crippen LogP contribution is 2.28. The molecule has 0 aliphatic carbocycles. The van der Waals surface area contributed by atoms with Crippen LogP contribution in [0.15, 0.2) is 40.9 Å². The lowest BCUT2D eigenvalue weighted by molar-refractivity contribution is -0.118. The summed E-state index contributed by atoms with van der Waals surface area (Å²) in [6.45, 7) is -0.212. The molecule has 1 amide bonds. The Morgan fingerprint density at radius 3 is 2.58 bits per heavy atom. The Balaban J connectivity index is 2.01. The summed E-state index contributed by atoms with van der Waals surface area (Å²) >= 11 is 15.1. The molecule has 0 spiro atoms. The molecule has 0 heterocycles. The number of nitrogens with one attached hydrogen (secondary N) is 1. The summed E-state index contributed by atoms with van der Waals surface area (Å²) in [7, 11) is 1.25. The molecule has 0 unspecified atom stereocenters. The van der Waals surface area contributed by atoms with Crippen molar-refractivity contribution >= 4 is 56.7 Å². The third-order valence-electron chi connectivity index (χ3n) is 2.91. The van der Waals surface area contributed by atoms with E-state index in [-0.39, 0.29) is 17.2 Å². The second-order valence-electron chi connectivity index (χ2n) is 4.60. The number of halogens is 3. The lowest BCUT2D eigenvalue weighted by Gasteiger charge is -2.10. The molecule has 0 radical (unpaired) electrons. The molecule has 0 aromatic heterocycles. The summed E-state index contributed by atoms with van der Waals surface area (Å²) in [6.07, 6.45) is 0. The molecule has 0 fully saturated rings. The van der Waals surface area contributed by atoms with Crippen LogP contribution in [0.3, 0.4) is 0 Å². The quantitative estimate of drug-likeness (QED) is 0.703. The van der Waals surface area contributed by atoms with Gasteiger partial charge in [-0.25, -0.2) is 4.79 Å². The summed E-state index contributed by atoms with van der Waals surface area (Å²) in [5.41, 5.74) is 0.571. The summed E-state index contributed by atoms with van der Waals surface area (Å²) < 4.78 is 10.7. The van der Waals surface area contributed by atoms with E-state index in [1.807, 2.05) is 0 Å². The van der Waals surface area contributed by atoms with E-state index in [1.165, 1.54) is 19.2 Å². The molecule has 2 aromatic carbocycles. The van der Waals surface area contributed by atoms with E-state index in [0.29, 0.717) is 20.9 Å². The van der Waals surface area contributed by atoms with Crippen LogP contribution in [0, 0.1) is 0 Å². The summed E-state index contributed by atoms with van der Waals surface area (Å²) in [6, 6.07) is 9.48. The molecular formula is C16H12BrCl2NO4. The monoisotopic (exact) mass is 431 g/mol. The third-order valence-corrected chi connectivity index (χ3v) is 4.09. The van der Waals surface area contributed by atoms with Crippen LogP contribution in [-0.2, 0) is 9.53 Å². The van der Waals surface area contributed by atoms with Crippen LogP contribution in [0.5, 0.6) is 5.75 Å². The van der Waals surface area contributed by atoms with Gasteiger partial charge in [0.2, 0.25) is 0 Å². The number of anilines is 1. The highest BCUT2D eigenvalue weighted by molar-refractivity contribution is 9.10. The normalized spacial score (nSPS) is 10.2. The molecule has 1 N–H and O–H groups in total. The van der Waals surface area contributed by atoms with Gasteiger partial charge in [0.05, 0.1) is 22.2 Å². The maximum atomic E-state index is 12.0. The van der Waals surface area contributed by atoms with Gasteiger partial charge in [0, 0.05) is 10.7 Å². The Hall–Kier alpha value is -1.76. The number of hydrogen-bond acceptors (Lipinski definition) is 4. The Kier molecular flexibility index (Phi) is 6.48. The van der Waals surface area contributed by atoms with Gasteiger partial charge >= 0.3 is 5.97 Å². The van der Waals surface area contributed by atoms with E-state index in [1.54, 1.807) is 24.3 Å². The Morgan fingerprint density at radius 2 is 1.92 bits per heavy atom. The van der Waals surface area contributed by atoms with Crippen molar-refractivity contribution in [2.75, 3.05) is 19.0 Å². The number of amides is 1. The minimum atomic E-state index is -0.586. The van der Waals surface area contributed by atoms with E-state index in [0.717, 1.165) is 0 Å².